The molecular formula is C10H15NO2. The lowest BCUT2D eigenvalue weighted by atomic mass is 10.4. The molecule has 0 unspecified atom stereocenters. The third-order valence-corrected chi connectivity index (χ3v) is 1.00. The predicted molar refractivity (Wildman–Crippen MR) is 51.9 cm³/mol. The van der Waals surface area contributed by atoms with Crippen LogP contribution < -0.4 is 0 Å². The van der Waals surface area contributed by atoms with Gasteiger partial charge in [-0.2, -0.15) is 5.26 Å². The summed E-state index contributed by atoms with van der Waals surface area (Å²) in [7, 11) is 0. The topological polar surface area (TPSA) is 50.1 Å². The Morgan fingerprint density at radius 3 is 2.46 bits per heavy atom. The molecule has 0 aliphatic rings. The SMILES string of the molecule is C=CC#N.C=CC(=O)OCCCC. The molecule has 0 rings (SSSR count). The van der Waals surface area contributed by atoms with Gasteiger partial charge in [0.1, 0.15) is 0 Å². The predicted octanol–water partition coefficient (Wildman–Crippen LogP) is 2.21. The first-order valence-corrected chi connectivity index (χ1v) is 4.02. The number of esters is 1. The number of carbonyl (C=O) groups is 1. The Balaban J connectivity index is 0. The average molecular weight is 181 g/mol. The zero-order valence-corrected chi connectivity index (χ0v) is 7.95. The Hall–Kier alpha value is -1.56. The van der Waals surface area contributed by atoms with E-state index in [2.05, 4.69) is 17.9 Å². The summed E-state index contributed by atoms with van der Waals surface area (Å²) in [5, 5.41) is 7.51. The molecule has 0 saturated heterocycles. The molecule has 0 bridgehead atoms. The summed E-state index contributed by atoms with van der Waals surface area (Å²) in [6, 6.07) is 1.69. The Morgan fingerprint density at radius 2 is 2.15 bits per heavy atom. The van der Waals surface area contributed by atoms with Crippen LogP contribution in [0.2, 0.25) is 0 Å². The zero-order chi connectivity index (χ0) is 10.5. The van der Waals surface area contributed by atoms with Gasteiger partial charge in [-0.15, -0.1) is 0 Å². The van der Waals surface area contributed by atoms with Gasteiger partial charge in [0, 0.05) is 12.2 Å². The second-order valence-corrected chi connectivity index (χ2v) is 2.06. The molecule has 13 heavy (non-hydrogen) atoms. The molecule has 0 radical (unpaired) electrons. The minimum Gasteiger partial charge on any atom is -0.463 e. The summed E-state index contributed by atoms with van der Waals surface area (Å²) in [4.78, 5) is 10.3. The summed E-state index contributed by atoms with van der Waals surface area (Å²) >= 11 is 0. The molecule has 3 nitrogen and oxygen atoms in total. The van der Waals surface area contributed by atoms with Crippen LogP contribution in [0.4, 0.5) is 0 Å². The quantitative estimate of drug-likeness (QED) is 0.289. The van der Waals surface area contributed by atoms with E-state index in [1.165, 1.54) is 12.2 Å². The second-order valence-electron chi connectivity index (χ2n) is 2.06. The van der Waals surface area contributed by atoms with E-state index in [1.54, 1.807) is 6.07 Å². The van der Waals surface area contributed by atoms with Crippen LogP contribution in [-0.2, 0) is 9.53 Å². The molecule has 0 heterocycles. The minimum atomic E-state index is -0.330. The first-order valence-electron chi connectivity index (χ1n) is 4.02. The Bertz CT molecular complexity index is 192. The summed E-state index contributed by atoms with van der Waals surface area (Å²) in [6.45, 7) is 8.94. The highest BCUT2D eigenvalue weighted by Crippen LogP contribution is 1.88. The summed E-state index contributed by atoms with van der Waals surface area (Å²) < 4.78 is 4.67. The molecule has 0 aliphatic heterocycles. The number of ether oxygens (including phenoxy) is 1. The normalized spacial score (nSPS) is 7.08. The minimum absolute atomic E-state index is 0.330. The number of carbonyl (C=O) groups excluding carboxylic acids is 1. The van der Waals surface area contributed by atoms with E-state index in [9.17, 15) is 4.79 Å². The van der Waals surface area contributed by atoms with Crippen LogP contribution in [0.1, 0.15) is 19.8 Å². The van der Waals surface area contributed by atoms with Crippen LogP contribution in [0, 0.1) is 11.3 Å². The van der Waals surface area contributed by atoms with Crippen molar-refractivity contribution in [2.24, 2.45) is 0 Å². The fraction of sp³-hybridized carbons (Fsp3) is 0.400. The van der Waals surface area contributed by atoms with Crippen molar-refractivity contribution in [3.63, 3.8) is 0 Å². The lowest BCUT2D eigenvalue weighted by Gasteiger charge is -1.97. The van der Waals surface area contributed by atoms with E-state index < -0.39 is 0 Å². The first kappa shape index (κ1) is 14.0. The molecule has 0 fully saturated rings. The highest BCUT2D eigenvalue weighted by atomic mass is 16.5. The molecule has 72 valence electrons. The fourth-order valence-corrected chi connectivity index (χ4v) is 0.376. The van der Waals surface area contributed by atoms with Gasteiger partial charge in [0.15, 0.2) is 0 Å². The molecule has 3 heteroatoms. The largest absolute Gasteiger partial charge is 0.463 e. The monoisotopic (exact) mass is 181 g/mol. The number of hydrogen-bond acceptors (Lipinski definition) is 3. The number of rotatable bonds is 4. The van der Waals surface area contributed by atoms with Crippen LogP contribution in [0.5, 0.6) is 0 Å². The van der Waals surface area contributed by atoms with Gasteiger partial charge < -0.3 is 4.74 Å². The molecule has 0 atom stereocenters. The van der Waals surface area contributed by atoms with Crippen molar-refractivity contribution in [2.75, 3.05) is 6.61 Å². The van der Waals surface area contributed by atoms with E-state index in [-0.39, 0.29) is 5.97 Å². The van der Waals surface area contributed by atoms with Crippen LogP contribution in [0.3, 0.4) is 0 Å². The Labute approximate surface area is 79.3 Å². The van der Waals surface area contributed by atoms with Crippen LogP contribution in [-0.4, -0.2) is 12.6 Å². The van der Waals surface area contributed by atoms with E-state index in [0.29, 0.717) is 6.61 Å². The number of hydrogen-bond donors (Lipinski definition) is 0. The molecule has 0 aromatic rings. The average Bonchev–Trinajstić information content (AvgIpc) is 2.18. The van der Waals surface area contributed by atoms with E-state index in [1.807, 2.05) is 6.92 Å². The first-order chi connectivity index (χ1) is 6.22. The molecule has 0 spiro atoms. The van der Waals surface area contributed by atoms with Crippen molar-refractivity contribution in [1.82, 2.24) is 0 Å². The molecule has 0 aromatic carbocycles. The molecule has 0 aromatic heterocycles. The van der Waals surface area contributed by atoms with Crippen LogP contribution in [0.15, 0.2) is 25.3 Å². The van der Waals surface area contributed by atoms with Crippen molar-refractivity contribution < 1.29 is 9.53 Å². The molecular weight excluding hydrogens is 166 g/mol. The number of nitrogens with zero attached hydrogens (tertiary/aromatic N) is 1. The van der Waals surface area contributed by atoms with Gasteiger partial charge in [-0.3, -0.25) is 0 Å². The summed E-state index contributed by atoms with van der Waals surface area (Å²) in [5.41, 5.74) is 0. The highest BCUT2D eigenvalue weighted by Gasteiger charge is 1.91. The molecule has 0 amide bonds. The third-order valence-electron chi connectivity index (χ3n) is 1.00. The standard InChI is InChI=1S/C7H12O2.C3H3N/c1-3-5-6-9-7(8)4-2;1-2-3-4/h4H,2-3,5-6H2,1H3;2H,1H2. The third kappa shape index (κ3) is 17.9. The Morgan fingerprint density at radius 1 is 1.62 bits per heavy atom. The lowest BCUT2D eigenvalue weighted by molar-refractivity contribution is -0.137. The van der Waals surface area contributed by atoms with Gasteiger partial charge in [-0.25, -0.2) is 4.79 Å². The highest BCUT2D eigenvalue weighted by molar-refractivity contribution is 5.81. The molecule has 0 N–H and O–H groups in total. The zero-order valence-electron chi connectivity index (χ0n) is 7.95. The maximum absolute atomic E-state index is 10.3. The van der Waals surface area contributed by atoms with Crippen molar-refractivity contribution in [3.05, 3.63) is 25.3 Å². The number of allylic oxidation sites excluding steroid dienone is 1. The molecule has 0 saturated carbocycles. The maximum Gasteiger partial charge on any atom is 0.330 e. The van der Waals surface area contributed by atoms with E-state index >= 15 is 0 Å². The smallest absolute Gasteiger partial charge is 0.330 e. The fourth-order valence-electron chi connectivity index (χ4n) is 0.376. The van der Waals surface area contributed by atoms with Crippen molar-refractivity contribution >= 4 is 5.97 Å². The van der Waals surface area contributed by atoms with Crippen molar-refractivity contribution in [2.45, 2.75) is 19.8 Å². The van der Waals surface area contributed by atoms with Crippen molar-refractivity contribution in [3.8, 4) is 6.07 Å². The van der Waals surface area contributed by atoms with Crippen LogP contribution >= 0.6 is 0 Å². The van der Waals surface area contributed by atoms with Gasteiger partial charge in [0.2, 0.25) is 0 Å². The van der Waals surface area contributed by atoms with Crippen LogP contribution in [0.25, 0.3) is 0 Å². The Kier molecular flexibility index (Phi) is 14.1. The second kappa shape index (κ2) is 13.1. The van der Waals surface area contributed by atoms with Gasteiger partial charge >= 0.3 is 5.97 Å². The number of nitriles is 1. The van der Waals surface area contributed by atoms with Gasteiger partial charge in [-0.1, -0.05) is 26.5 Å². The summed E-state index contributed by atoms with van der Waals surface area (Å²) in [5.74, 6) is -0.330. The number of unbranched alkanes of at least 4 members (excludes halogenated alkanes) is 1. The van der Waals surface area contributed by atoms with Gasteiger partial charge in [0.25, 0.3) is 0 Å². The lowest BCUT2D eigenvalue weighted by Crippen LogP contribution is -2.00. The summed E-state index contributed by atoms with van der Waals surface area (Å²) in [6.07, 6.45) is 4.33. The van der Waals surface area contributed by atoms with E-state index in [4.69, 9.17) is 5.26 Å². The molecule has 0 aliphatic carbocycles. The maximum atomic E-state index is 10.3. The van der Waals surface area contributed by atoms with E-state index in [0.717, 1.165) is 12.8 Å². The van der Waals surface area contributed by atoms with Gasteiger partial charge in [0.05, 0.1) is 12.7 Å². The van der Waals surface area contributed by atoms with Crippen molar-refractivity contribution in [1.29, 1.82) is 5.26 Å². The van der Waals surface area contributed by atoms with Gasteiger partial charge in [-0.05, 0) is 6.42 Å².